The number of thioether (sulfide) groups is 1. The normalized spacial score (nSPS) is 12.7. The molecule has 1 heterocycles. The molecule has 0 saturated carbocycles. The Morgan fingerprint density at radius 2 is 2.04 bits per heavy atom. The van der Waals surface area contributed by atoms with Gasteiger partial charge in [-0.15, -0.1) is 0 Å². The average Bonchev–Trinajstić information content (AvgIpc) is 2.53. The SMILES string of the molecule is CC(NC(=O)CSc1nccc(C(F)(F)F)n1)c1ccccc1Cl. The topological polar surface area (TPSA) is 54.9 Å². The Morgan fingerprint density at radius 3 is 2.71 bits per heavy atom. The van der Waals surface area contributed by atoms with E-state index >= 15 is 0 Å². The smallest absolute Gasteiger partial charge is 0.349 e. The van der Waals surface area contributed by atoms with Gasteiger partial charge in [-0.2, -0.15) is 13.2 Å². The molecule has 1 unspecified atom stereocenters. The van der Waals surface area contributed by atoms with E-state index < -0.39 is 11.9 Å². The lowest BCUT2D eigenvalue weighted by atomic mass is 10.1. The van der Waals surface area contributed by atoms with Crippen molar-refractivity contribution in [2.45, 2.75) is 24.3 Å². The van der Waals surface area contributed by atoms with Crippen LogP contribution >= 0.6 is 23.4 Å². The molecule has 0 bridgehead atoms. The van der Waals surface area contributed by atoms with E-state index in [1.165, 1.54) is 0 Å². The summed E-state index contributed by atoms with van der Waals surface area (Å²) in [7, 11) is 0. The first-order valence-corrected chi connectivity index (χ1v) is 8.20. The van der Waals surface area contributed by atoms with Crippen LogP contribution in [0.15, 0.2) is 41.7 Å². The van der Waals surface area contributed by atoms with Gasteiger partial charge in [-0.1, -0.05) is 41.6 Å². The summed E-state index contributed by atoms with van der Waals surface area (Å²) in [5.74, 6) is -0.454. The fourth-order valence-electron chi connectivity index (χ4n) is 1.89. The molecule has 0 aliphatic carbocycles. The lowest BCUT2D eigenvalue weighted by Crippen LogP contribution is -2.28. The van der Waals surface area contributed by atoms with E-state index in [1.807, 2.05) is 0 Å². The summed E-state index contributed by atoms with van der Waals surface area (Å²) in [6, 6.07) is 7.54. The molecule has 128 valence electrons. The van der Waals surface area contributed by atoms with Crippen LogP contribution in [0, 0.1) is 0 Å². The Morgan fingerprint density at radius 1 is 1.33 bits per heavy atom. The Bertz CT molecular complexity index is 727. The maximum absolute atomic E-state index is 12.6. The van der Waals surface area contributed by atoms with Crippen LogP contribution < -0.4 is 5.32 Å². The molecule has 2 rings (SSSR count). The first-order chi connectivity index (χ1) is 11.3. The molecule has 0 saturated heterocycles. The number of nitrogens with zero attached hydrogens (tertiary/aromatic N) is 2. The lowest BCUT2D eigenvalue weighted by Gasteiger charge is -2.15. The van der Waals surface area contributed by atoms with Gasteiger partial charge in [-0.3, -0.25) is 4.79 Å². The zero-order chi connectivity index (χ0) is 17.7. The van der Waals surface area contributed by atoms with Crippen LogP contribution in [0.2, 0.25) is 5.02 Å². The number of rotatable bonds is 5. The van der Waals surface area contributed by atoms with Gasteiger partial charge in [0.15, 0.2) is 5.16 Å². The third-order valence-electron chi connectivity index (χ3n) is 3.01. The van der Waals surface area contributed by atoms with Crippen molar-refractivity contribution in [1.29, 1.82) is 0 Å². The Balaban J connectivity index is 1.93. The fraction of sp³-hybridized carbons (Fsp3) is 0.267. The Labute approximate surface area is 145 Å². The maximum atomic E-state index is 12.6. The second kappa shape index (κ2) is 7.85. The van der Waals surface area contributed by atoms with Gasteiger partial charge < -0.3 is 5.32 Å². The third kappa shape index (κ3) is 5.10. The number of carbonyl (C=O) groups excluding carboxylic acids is 1. The van der Waals surface area contributed by atoms with E-state index in [-0.39, 0.29) is 22.9 Å². The minimum Gasteiger partial charge on any atom is -0.349 e. The summed E-state index contributed by atoms with van der Waals surface area (Å²) in [4.78, 5) is 19.1. The molecule has 0 aliphatic rings. The molecule has 1 aromatic heterocycles. The zero-order valence-electron chi connectivity index (χ0n) is 12.5. The minimum absolute atomic E-state index is 0.101. The van der Waals surface area contributed by atoms with E-state index in [1.54, 1.807) is 31.2 Å². The Hall–Kier alpha value is -1.80. The molecule has 0 spiro atoms. The number of halogens is 4. The van der Waals surface area contributed by atoms with Crippen LogP contribution in [-0.2, 0) is 11.0 Å². The quantitative estimate of drug-likeness (QED) is 0.631. The summed E-state index contributed by atoms with van der Waals surface area (Å²) in [5.41, 5.74) is -0.280. The number of hydrogen-bond donors (Lipinski definition) is 1. The number of aromatic nitrogens is 2. The number of hydrogen-bond acceptors (Lipinski definition) is 4. The predicted octanol–water partition coefficient (Wildman–Crippen LogP) is 4.12. The summed E-state index contributed by atoms with van der Waals surface area (Å²) in [5, 5.41) is 3.15. The summed E-state index contributed by atoms with van der Waals surface area (Å²) in [6.07, 6.45) is -3.53. The molecule has 0 radical (unpaired) electrons. The summed E-state index contributed by atoms with van der Waals surface area (Å²) >= 11 is 6.89. The van der Waals surface area contributed by atoms with Crippen molar-refractivity contribution in [3.05, 3.63) is 52.8 Å². The standard InChI is InChI=1S/C15H13ClF3N3OS/c1-9(10-4-2-3-5-11(10)16)21-13(23)8-24-14-20-7-6-12(22-14)15(17,18)19/h2-7,9H,8H2,1H3,(H,21,23). The van der Waals surface area contributed by atoms with E-state index in [2.05, 4.69) is 15.3 Å². The number of nitrogens with one attached hydrogen (secondary N) is 1. The second-order valence-electron chi connectivity index (χ2n) is 4.82. The van der Waals surface area contributed by atoms with Crippen molar-refractivity contribution in [3.8, 4) is 0 Å². The van der Waals surface area contributed by atoms with E-state index in [0.29, 0.717) is 5.02 Å². The van der Waals surface area contributed by atoms with Crippen molar-refractivity contribution >= 4 is 29.3 Å². The molecule has 1 atom stereocenters. The van der Waals surface area contributed by atoms with Crippen LogP contribution in [0.5, 0.6) is 0 Å². The number of amides is 1. The van der Waals surface area contributed by atoms with Crippen LogP contribution in [0.1, 0.15) is 24.2 Å². The molecule has 4 nitrogen and oxygen atoms in total. The van der Waals surface area contributed by atoms with Gasteiger partial charge in [0.25, 0.3) is 0 Å². The molecule has 0 fully saturated rings. The van der Waals surface area contributed by atoms with Crippen molar-refractivity contribution in [1.82, 2.24) is 15.3 Å². The van der Waals surface area contributed by atoms with E-state index in [0.717, 1.165) is 29.6 Å². The van der Waals surface area contributed by atoms with Gasteiger partial charge in [0, 0.05) is 11.2 Å². The van der Waals surface area contributed by atoms with Crippen molar-refractivity contribution in [3.63, 3.8) is 0 Å². The highest BCUT2D eigenvalue weighted by Crippen LogP contribution is 2.28. The van der Waals surface area contributed by atoms with Crippen LogP contribution in [0.25, 0.3) is 0 Å². The highest BCUT2D eigenvalue weighted by Gasteiger charge is 2.32. The summed E-state index contributed by atoms with van der Waals surface area (Å²) < 4.78 is 37.7. The largest absolute Gasteiger partial charge is 0.433 e. The number of carbonyl (C=O) groups is 1. The van der Waals surface area contributed by atoms with Crippen LogP contribution in [-0.4, -0.2) is 21.6 Å². The first kappa shape index (κ1) is 18.5. The second-order valence-corrected chi connectivity index (χ2v) is 6.17. The van der Waals surface area contributed by atoms with Gasteiger partial charge in [0.05, 0.1) is 11.8 Å². The molecule has 2 aromatic rings. The van der Waals surface area contributed by atoms with Gasteiger partial charge in [0.2, 0.25) is 5.91 Å². The summed E-state index contributed by atoms with van der Waals surface area (Å²) in [6.45, 7) is 1.77. The molecule has 24 heavy (non-hydrogen) atoms. The van der Waals surface area contributed by atoms with Crippen LogP contribution in [0.4, 0.5) is 13.2 Å². The zero-order valence-corrected chi connectivity index (χ0v) is 14.0. The van der Waals surface area contributed by atoms with Gasteiger partial charge in [0.1, 0.15) is 5.69 Å². The van der Waals surface area contributed by atoms with Crippen LogP contribution in [0.3, 0.4) is 0 Å². The molecular weight excluding hydrogens is 363 g/mol. The molecule has 1 amide bonds. The first-order valence-electron chi connectivity index (χ1n) is 6.84. The van der Waals surface area contributed by atoms with Gasteiger partial charge >= 0.3 is 6.18 Å². The predicted molar refractivity (Wildman–Crippen MR) is 85.8 cm³/mol. The van der Waals surface area contributed by atoms with E-state index in [4.69, 9.17) is 11.6 Å². The molecule has 0 aliphatic heterocycles. The molecule has 1 N–H and O–H groups in total. The van der Waals surface area contributed by atoms with Crippen molar-refractivity contribution < 1.29 is 18.0 Å². The minimum atomic E-state index is -4.54. The molecule has 9 heteroatoms. The highest BCUT2D eigenvalue weighted by molar-refractivity contribution is 7.99. The molecule has 1 aromatic carbocycles. The maximum Gasteiger partial charge on any atom is 0.433 e. The van der Waals surface area contributed by atoms with Crippen molar-refractivity contribution in [2.75, 3.05) is 5.75 Å². The van der Waals surface area contributed by atoms with E-state index in [9.17, 15) is 18.0 Å². The van der Waals surface area contributed by atoms with Gasteiger partial charge in [-0.25, -0.2) is 9.97 Å². The number of benzene rings is 1. The average molecular weight is 376 g/mol. The Kier molecular flexibility index (Phi) is 6.06. The fourth-order valence-corrected chi connectivity index (χ4v) is 2.83. The number of alkyl halides is 3. The van der Waals surface area contributed by atoms with Gasteiger partial charge in [-0.05, 0) is 24.6 Å². The lowest BCUT2D eigenvalue weighted by molar-refractivity contribution is -0.141. The molecular formula is C15H13ClF3N3OS. The highest BCUT2D eigenvalue weighted by atomic mass is 35.5. The monoisotopic (exact) mass is 375 g/mol. The third-order valence-corrected chi connectivity index (χ3v) is 4.21. The van der Waals surface area contributed by atoms with Crippen molar-refractivity contribution in [2.24, 2.45) is 0 Å².